The number of aryl methyl sites for hydroxylation is 1. The molecule has 5 nitrogen and oxygen atoms in total. The van der Waals surface area contributed by atoms with Crippen LogP contribution in [0.5, 0.6) is 11.5 Å². The van der Waals surface area contributed by atoms with Crippen molar-refractivity contribution in [3.63, 3.8) is 0 Å². The molecule has 1 unspecified atom stereocenters. The normalized spacial score (nSPS) is 11.5. The Bertz CT molecular complexity index is 701. The number of rotatable bonds is 8. The highest BCUT2D eigenvalue weighted by molar-refractivity contribution is 5.74. The molecule has 0 fully saturated rings. The highest BCUT2D eigenvalue weighted by Gasteiger charge is 2.14. The molecule has 0 radical (unpaired) electrons. The molecule has 2 rings (SSSR count). The SMILES string of the molecule is CCOc1cccc(C(C)NC(=O)N(C)CCOc2ccc(C)cc2)c1. The molecule has 0 bridgehead atoms. The van der Waals surface area contributed by atoms with Crippen molar-refractivity contribution in [3.05, 3.63) is 59.7 Å². The van der Waals surface area contributed by atoms with E-state index in [-0.39, 0.29) is 12.1 Å². The number of urea groups is 1. The number of carbonyl (C=O) groups is 1. The molecule has 0 aliphatic carbocycles. The molecule has 1 N–H and O–H groups in total. The second kappa shape index (κ2) is 9.70. The maximum atomic E-state index is 12.4. The van der Waals surface area contributed by atoms with Gasteiger partial charge in [-0.2, -0.15) is 0 Å². The number of likely N-dealkylation sites (N-methyl/N-ethyl adjacent to an activating group) is 1. The third kappa shape index (κ3) is 5.99. The van der Waals surface area contributed by atoms with Crippen LogP contribution in [-0.2, 0) is 0 Å². The van der Waals surface area contributed by atoms with E-state index in [2.05, 4.69) is 5.32 Å². The fraction of sp³-hybridized carbons (Fsp3) is 0.381. The summed E-state index contributed by atoms with van der Waals surface area (Å²) in [5.74, 6) is 1.62. The summed E-state index contributed by atoms with van der Waals surface area (Å²) in [4.78, 5) is 14.0. The summed E-state index contributed by atoms with van der Waals surface area (Å²) in [7, 11) is 1.76. The summed E-state index contributed by atoms with van der Waals surface area (Å²) in [6.07, 6.45) is 0. The Labute approximate surface area is 155 Å². The van der Waals surface area contributed by atoms with Crippen molar-refractivity contribution < 1.29 is 14.3 Å². The van der Waals surface area contributed by atoms with Gasteiger partial charge in [-0.1, -0.05) is 29.8 Å². The summed E-state index contributed by atoms with van der Waals surface area (Å²) < 4.78 is 11.2. The quantitative estimate of drug-likeness (QED) is 0.772. The fourth-order valence-corrected chi connectivity index (χ4v) is 2.46. The third-order valence-corrected chi connectivity index (χ3v) is 4.07. The van der Waals surface area contributed by atoms with Crippen LogP contribution in [0.1, 0.15) is 31.0 Å². The van der Waals surface area contributed by atoms with Crippen LogP contribution in [0.2, 0.25) is 0 Å². The largest absolute Gasteiger partial charge is 0.494 e. The second-order valence-corrected chi connectivity index (χ2v) is 6.26. The van der Waals surface area contributed by atoms with Crippen LogP contribution in [0.3, 0.4) is 0 Å². The predicted molar refractivity (Wildman–Crippen MR) is 104 cm³/mol. The molecule has 2 aromatic carbocycles. The topological polar surface area (TPSA) is 50.8 Å². The highest BCUT2D eigenvalue weighted by atomic mass is 16.5. The highest BCUT2D eigenvalue weighted by Crippen LogP contribution is 2.19. The van der Waals surface area contributed by atoms with Crippen molar-refractivity contribution >= 4 is 6.03 Å². The molecule has 0 saturated carbocycles. The summed E-state index contributed by atoms with van der Waals surface area (Å²) in [6.45, 7) is 7.51. The Morgan fingerprint density at radius 1 is 1.12 bits per heavy atom. The zero-order valence-electron chi connectivity index (χ0n) is 16.0. The van der Waals surface area contributed by atoms with Gasteiger partial charge in [0, 0.05) is 7.05 Å². The van der Waals surface area contributed by atoms with E-state index in [0.717, 1.165) is 17.1 Å². The first-order chi connectivity index (χ1) is 12.5. The van der Waals surface area contributed by atoms with Crippen LogP contribution in [0.4, 0.5) is 4.79 Å². The summed E-state index contributed by atoms with van der Waals surface area (Å²) >= 11 is 0. The van der Waals surface area contributed by atoms with E-state index in [1.807, 2.05) is 69.3 Å². The van der Waals surface area contributed by atoms with Gasteiger partial charge in [-0.15, -0.1) is 0 Å². The minimum absolute atomic E-state index is 0.108. The van der Waals surface area contributed by atoms with Crippen molar-refractivity contribution in [1.82, 2.24) is 10.2 Å². The number of carbonyl (C=O) groups excluding carboxylic acids is 1. The Morgan fingerprint density at radius 2 is 1.85 bits per heavy atom. The van der Waals surface area contributed by atoms with Gasteiger partial charge in [0.25, 0.3) is 0 Å². The lowest BCUT2D eigenvalue weighted by molar-refractivity contribution is 0.192. The molecular weight excluding hydrogens is 328 g/mol. The van der Waals surface area contributed by atoms with Crippen molar-refractivity contribution in [1.29, 1.82) is 0 Å². The standard InChI is InChI=1S/C21H28N2O3/c1-5-25-20-8-6-7-18(15-20)17(3)22-21(24)23(4)13-14-26-19-11-9-16(2)10-12-19/h6-12,15,17H,5,13-14H2,1-4H3,(H,22,24). The predicted octanol–water partition coefficient (Wildman–Crippen LogP) is 4.18. The number of hydrogen-bond acceptors (Lipinski definition) is 3. The Morgan fingerprint density at radius 3 is 2.54 bits per heavy atom. The lowest BCUT2D eigenvalue weighted by atomic mass is 10.1. The molecular formula is C21H28N2O3. The first kappa shape index (κ1) is 19.6. The van der Waals surface area contributed by atoms with Gasteiger partial charge in [-0.3, -0.25) is 0 Å². The van der Waals surface area contributed by atoms with E-state index >= 15 is 0 Å². The van der Waals surface area contributed by atoms with Crippen LogP contribution in [0, 0.1) is 6.92 Å². The number of nitrogens with zero attached hydrogens (tertiary/aromatic N) is 1. The van der Waals surface area contributed by atoms with Crippen molar-refractivity contribution in [2.45, 2.75) is 26.8 Å². The van der Waals surface area contributed by atoms with E-state index in [9.17, 15) is 4.79 Å². The smallest absolute Gasteiger partial charge is 0.317 e. The van der Waals surface area contributed by atoms with E-state index in [1.54, 1.807) is 11.9 Å². The first-order valence-corrected chi connectivity index (χ1v) is 8.93. The van der Waals surface area contributed by atoms with Crippen LogP contribution in [-0.4, -0.2) is 37.7 Å². The monoisotopic (exact) mass is 356 g/mol. The number of nitrogens with one attached hydrogen (secondary N) is 1. The van der Waals surface area contributed by atoms with Crippen LogP contribution in [0.15, 0.2) is 48.5 Å². The van der Waals surface area contributed by atoms with Crippen molar-refractivity contribution in [3.8, 4) is 11.5 Å². The van der Waals surface area contributed by atoms with Crippen LogP contribution >= 0.6 is 0 Å². The maximum Gasteiger partial charge on any atom is 0.317 e. The molecule has 0 heterocycles. The molecule has 2 aromatic rings. The molecule has 0 aliphatic heterocycles. The number of benzene rings is 2. The molecule has 0 aliphatic rings. The number of amides is 2. The zero-order valence-corrected chi connectivity index (χ0v) is 16.0. The fourth-order valence-electron chi connectivity index (χ4n) is 2.46. The van der Waals surface area contributed by atoms with Gasteiger partial charge in [0.05, 0.1) is 19.2 Å². The van der Waals surface area contributed by atoms with Gasteiger partial charge in [0.2, 0.25) is 0 Å². The van der Waals surface area contributed by atoms with Gasteiger partial charge < -0.3 is 19.7 Å². The number of hydrogen-bond donors (Lipinski definition) is 1. The van der Waals surface area contributed by atoms with E-state index in [1.165, 1.54) is 5.56 Å². The lowest BCUT2D eigenvalue weighted by Gasteiger charge is -2.22. The van der Waals surface area contributed by atoms with Gasteiger partial charge in [0.15, 0.2) is 0 Å². The molecule has 2 amide bonds. The zero-order chi connectivity index (χ0) is 18.9. The Balaban J connectivity index is 1.80. The first-order valence-electron chi connectivity index (χ1n) is 8.93. The van der Waals surface area contributed by atoms with Crippen LogP contribution in [0.25, 0.3) is 0 Å². The molecule has 5 heteroatoms. The molecule has 1 atom stereocenters. The maximum absolute atomic E-state index is 12.4. The van der Waals surface area contributed by atoms with Crippen molar-refractivity contribution in [2.75, 3.05) is 26.8 Å². The molecule has 0 aromatic heterocycles. The van der Waals surface area contributed by atoms with Crippen molar-refractivity contribution in [2.24, 2.45) is 0 Å². The summed E-state index contributed by atoms with van der Waals surface area (Å²) in [6, 6.07) is 15.4. The minimum atomic E-state index is -0.133. The van der Waals surface area contributed by atoms with Gasteiger partial charge in [-0.25, -0.2) is 4.79 Å². The third-order valence-electron chi connectivity index (χ3n) is 4.07. The van der Waals surface area contributed by atoms with E-state index in [0.29, 0.717) is 19.8 Å². The molecule has 0 saturated heterocycles. The average molecular weight is 356 g/mol. The lowest BCUT2D eigenvalue weighted by Crippen LogP contribution is -2.40. The Hall–Kier alpha value is -2.69. The molecule has 0 spiro atoms. The Kier molecular flexibility index (Phi) is 7.33. The van der Waals surface area contributed by atoms with Gasteiger partial charge in [-0.05, 0) is 50.6 Å². The molecule has 26 heavy (non-hydrogen) atoms. The van der Waals surface area contributed by atoms with Gasteiger partial charge >= 0.3 is 6.03 Å². The number of ether oxygens (including phenoxy) is 2. The average Bonchev–Trinajstić information content (AvgIpc) is 2.63. The second-order valence-electron chi connectivity index (χ2n) is 6.26. The molecule has 140 valence electrons. The minimum Gasteiger partial charge on any atom is -0.494 e. The summed E-state index contributed by atoms with van der Waals surface area (Å²) in [5.41, 5.74) is 2.20. The van der Waals surface area contributed by atoms with E-state index in [4.69, 9.17) is 9.47 Å². The van der Waals surface area contributed by atoms with Crippen LogP contribution < -0.4 is 14.8 Å². The van der Waals surface area contributed by atoms with Gasteiger partial charge in [0.1, 0.15) is 18.1 Å². The van der Waals surface area contributed by atoms with E-state index < -0.39 is 0 Å². The summed E-state index contributed by atoms with van der Waals surface area (Å²) in [5, 5.41) is 3.00.